The Hall–Kier alpha value is -0.610. The predicted octanol–water partition coefficient (Wildman–Crippen LogP) is 15.6. The Labute approximate surface area is 321 Å². The molecule has 0 fully saturated rings. The number of esters is 1. The van der Waals surface area contributed by atoms with Crippen LogP contribution in [0.3, 0.4) is 0 Å². The molecule has 0 saturated carbocycles. The van der Waals surface area contributed by atoms with E-state index in [0.717, 1.165) is 19.3 Å². The molecule has 0 radical (unpaired) electrons. The van der Waals surface area contributed by atoms with Crippen LogP contribution < -0.4 is 0 Å². The van der Waals surface area contributed by atoms with Gasteiger partial charge >= 0.3 is 5.97 Å². The Morgan fingerprint density at radius 1 is 0.392 bits per heavy atom. The van der Waals surface area contributed by atoms with Crippen molar-refractivity contribution in [3.63, 3.8) is 0 Å². The molecule has 51 heavy (non-hydrogen) atoms. The molecular formula is C47H94O4. The van der Waals surface area contributed by atoms with Crippen LogP contribution in [0.15, 0.2) is 0 Å². The normalized spacial score (nSPS) is 12.1. The van der Waals surface area contributed by atoms with Crippen LogP contribution in [0.4, 0.5) is 0 Å². The van der Waals surface area contributed by atoms with Crippen LogP contribution in [0.5, 0.6) is 0 Å². The number of aliphatic hydroxyl groups is 1. The molecule has 4 nitrogen and oxygen atoms in total. The van der Waals surface area contributed by atoms with Crippen LogP contribution in [0.1, 0.15) is 271 Å². The van der Waals surface area contributed by atoms with Crippen molar-refractivity contribution >= 4 is 5.97 Å². The van der Waals surface area contributed by atoms with Gasteiger partial charge in [-0.2, -0.15) is 0 Å². The van der Waals surface area contributed by atoms with Crippen molar-refractivity contribution in [1.29, 1.82) is 0 Å². The van der Waals surface area contributed by atoms with Crippen molar-refractivity contribution in [3.8, 4) is 0 Å². The van der Waals surface area contributed by atoms with Crippen molar-refractivity contribution in [3.05, 3.63) is 0 Å². The number of unbranched alkanes of at least 4 members (excludes halogenated alkanes) is 37. The summed E-state index contributed by atoms with van der Waals surface area (Å²) < 4.78 is 11.2. The highest BCUT2D eigenvalue weighted by atomic mass is 16.6. The molecule has 0 aliphatic heterocycles. The Bertz CT molecular complexity index is 638. The molecule has 0 heterocycles. The SMILES string of the molecule is CCCCCCCCCCCCCCCCCCCCCCCCCCCCOCC(CO)OC(=O)CCCCCCCCCCCCCCC. The minimum absolute atomic E-state index is 0.163. The van der Waals surface area contributed by atoms with E-state index in [-0.39, 0.29) is 12.6 Å². The van der Waals surface area contributed by atoms with E-state index >= 15 is 0 Å². The maximum absolute atomic E-state index is 12.2. The van der Waals surface area contributed by atoms with Gasteiger partial charge in [0.15, 0.2) is 0 Å². The van der Waals surface area contributed by atoms with E-state index in [0.29, 0.717) is 19.6 Å². The molecule has 0 bridgehead atoms. The first kappa shape index (κ1) is 50.4. The van der Waals surface area contributed by atoms with Gasteiger partial charge in [-0.1, -0.05) is 251 Å². The summed E-state index contributed by atoms with van der Waals surface area (Å²) in [7, 11) is 0. The summed E-state index contributed by atoms with van der Waals surface area (Å²) in [4.78, 5) is 12.2. The molecule has 0 aromatic carbocycles. The second-order valence-electron chi connectivity index (χ2n) is 16.2. The number of hydrogen-bond acceptors (Lipinski definition) is 4. The van der Waals surface area contributed by atoms with Crippen molar-refractivity contribution in [2.45, 2.75) is 277 Å². The first-order valence-corrected chi connectivity index (χ1v) is 23.6. The summed E-state index contributed by atoms with van der Waals surface area (Å²) in [5.74, 6) is -0.194. The molecule has 0 aromatic rings. The van der Waals surface area contributed by atoms with E-state index < -0.39 is 6.10 Å². The fourth-order valence-electron chi connectivity index (χ4n) is 7.39. The predicted molar refractivity (Wildman–Crippen MR) is 224 cm³/mol. The molecule has 1 N–H and O–H groups in total. The van der Waals surface area contributed by atoms with Gasteiger partial charge in [-0.15, -0.1) is 0 Å². The lowest BCUT2D eigenvalue weighted by Gasteiger charge is -2.16. The first-order chi connectivity index (χ1) is 25.2. The second kappa shape index (κ2) is 45.5. The Kier molecular flexibility index (Phi) is 45.0. The highest BCUT2D eigenvalue weighted by Gasteiger charge is 2.13. The number of carbonyl (C=O) groups is 1. The zero-order valence-electron chi connectivity index (χ0n) is 35.2. The first-order valence-electron chi connectivity index (χ1n) is 23.6. The van der Waals surface area contributed by atoms with Gasteiger partial charge in [0.05, 0.1) is 13.2 Å². The molecule has 0 amide bonds. The molecule has 0 aliphatic carbocycles. The third kappa shape index (κ3) is 43.7. The zero-order chi connectivity index (χ0) is 37.0. The van der Waals surface area contributed by atoms with Gasteiger partial charge in [0.1, 0.15) is 6.10 Å². The molecule has 1 atom stereocenters. The van der Waals surface area contributed by atoms with Crippen LogP contribution in [0.2, 0.25) is 0 Å². The lowest BCUT2D eigenvalue weighted by atomic mass is 10.0. The molecular weight excluding hydrogens is 629 g/mol. The van der Waals surface area contributed by atoms with Crippen molar-refractivity contribution in [2.24, 2.45) is 0 Å². The standard InChI is InChI=1S/C47H94O4/c1-3-5-7-9-11-13-15-17-18-19-20-21-22-23-24-25-26-27-28-29-31-33-35-37-39-41-43-50-45-46(44-48)51-47(49)42-40-38-36-34-32-30-16-14-12-10-8-6-4-2/h46,48H,3-45H2,1-2H3. The molecule has 306 valence electrons. The van der Waals surface area contributed by atoms with E-state index in [4.69, 9.17) is 9.47 Å². The summed E-state index contributed by atoms with van der Waals surface area (Å²) in [6.45, 7) is 5.40. The van der Waals surface area contributed by atoms with Gasteiger partial charge in [-0.05, 0) is 12.8 Å². The Balaban J connectivity index is 3.30. The highest BCUT2D eigenvalue weighted by molar-refractivity contribution is 5.69. The van der Waals surface area contributed by atoms with Gasteiger partial charge in [-0.25, -0.2) is 0 Å². The summed E-state index contributed by atoms with van der Waals surface area (Å²) >= 11 is 0. The topological polar surface area (TPSA) is 55.8 Å². The summed E-state index contributed by atoms with van der Waals surface area (Å²) in [6.07, 6.45) is 53.3. The van der Waals surface area contributed by atoms with Crippen LogP contribution in [-0.2, 0) is 14.3 Å². The second-order valence-corrected chi connectivity index (χ2v) is 16.2. The van der Waals surface area contributed by atoms with Crippen LogP contribution in [0, 0.1) is 0 Å². The largest absolute Gasteiger partial charge is 0.457 e. The van der Waals surface area contributed by atoms with E-state index in [1.165, 1.54) is 231 Å². The van der Waals surface area contributed by atoms with Crippen LogP contribution in [-0.4, -0.2) is 37.0 Å². The van der Waals surface area contributed by atoms with Crippen LogP contribution in [0.25, 0.3) is 0 Å². The number of aliphatic hydroxyl groups excluding tert-OH is 1. The summed E-state index contributed by atoms with van der Waals surface area (Å²) in [5.41, 5.74) is 0. The molecule has 0 aliphatic rings. The van der Waals surface area contributed by atoms with E-state index in [2.05, 4.69) is 13.8 Å². The molecule has 0 aromatic heterocycles. The van der Waals surface area contributed by atoms with Gasteiger partial charge < -0.3 is 14.6 Å². The monoisotopic (exact) mass is 723 g/mol. The fraction of sp³-hybridized carbons (Fsp3) is 0.979. The van der Waals surface area contributed by atoms with Gasteiger partial charge in [-0.3, -0.25) is 4.79 Å². The molecule has 0 rings (SSSR count). The molecule has 1 unspecified atom stereocenters. The third-order valence-electron chi connectivity index (χ3n) is 10.9. The minimum Gasteiger partial charge on any atom is -0.457 e. The number of hydrogen-bond donors (Lipinski definition) is 1. The lowest BCUT2D eigenvalue weighted by molar-refractivity contribution is -0.154. The van der Waals surface area contributed by atoms with Crippen molar-refractivity contribution < 1.29 is 19.4 Å². The van der Waals surface area contributed by atoms with E-state index in [9.17, 15) is 9.90 Å². The van der Waals surface area contributed by atoms with Crippen LogP contribution >= 0.6 is 0 Å². The van der Waals surface area contributed by atoms with Gasteiger partial charge in [0.2, 0.25) is 0 Å². The van der Waals surface area contributed by atoms with Gasteiger partial charge in [0.25, 0.3) is 0 Å². The third-order valence-corrected chi connectivity index (χ3v) is 10.9. The van der Waals surface area contributed by atoms with E-state index in [1.54, 1.807) is 0 Å². The summed E-state index contributed by atoms with van der Waals surface area (Å²) in [6, 6.07) is 0. The maximum Gasteiger partial charge on any atom is 0.306 e. The fourth-order valence-corrected chi connectivity index (χ4v) is 7.39. The smallest absolute Gasteiger partial charge is 0.306 e. The summed E-state index contributed by atoms with van der Waals surface area (Å²) in [5, 5.41) is 9.60. The molecule has 0 saturated heterocycles. The highest BCUT2D eigenvalue weighted by Crippen LogP contribution is 2.17. The molecule has 4 heteroatoms. The quantitative estimate of drug-likeness (QED) is 0.0502. The number of carbonyl (C=O) groups excluding carboxylic acids is 1. The Morgan fingerprint density at radius 3 is 0.922 bits per heavy atom. The zero-order valence-corrected chi connectivity index (χ0v) is 35.2. The van der Waals surface area contributed by atoms with Crippen molar-refractivity contribution in [2.75, 3.05) is 19.8 Å². The maximum atomic E-state index is 12.2. The molecule has 0 spiro atoms. The Morgan fingerprint density at radius 2 is 0.647 bits per heavy atom. The average Bonchev–Trinajstić information content (AvgIpc) is 3.14. The average molecular weight is 723 g/mol. The lowest BCUT2D eigenvalue weighted by Crippen LogP contribution is -2.27. The van der Waals surface area contributed by atoms with E-state index in [1.807, 2.05) is 0 Å². The number of ether oxygens (including phenoxy) is 2. The minimum atomic E-state index is -0.525. The van der Waals surface area contributed by atoms with Crippen molar-refractivity contribution in [1.82, 2.24) is 0 Å². The van der Waals surface area contributed by atoms with Gasteiger partial charge in [0, 0.05) is 13.0 Å². The number of rotatable bonds is 45.